The Morgan fingerprint density at radius 3 is 2.40 bits per heavy atom. The van der Waals surface area contributed by atoms with Crippen molar-refractivity contribution in [2.75, 3.05) is 6.61 Å². The summed E-state index contributed by atoms with van der Waals surface area (Å²) in [6, 6.07) is 16.2. The highest BCUT2D eigenvalue weighted by Gasteiger charge is 2.26. The second kappa shape index (κ2) is 6.96. The van der Waals surface area contributed by atoms with E-state index in [0.717, 1.165) is 0 Å². The minimum Gasteiger partial charge on any atom is -0.474 e. The molecule has 2 aromatic carbocycles. The van der Waals surface area contributed by atoms with Crippen molar-refractivity contribution in [1.29, 1.82) is 0 Å². The minimum absolute atomic E-state index is 0.290. The van der Waals surface area contributed by atoms with E-state index in [0.29, 0.717) is 16.3 Å². The van der Waals surface area contributed by atoms with Gasteiger partial charge >= 0.3 is 5.97 Å². The lowest BCUT2D eigenvalue weighted by molar-refractivity contribution is -0.151. The molecule has 0 radical (unpaired) electrons. The van der Waals surface area contributed by atoms with E-state index in [-0.39, 0.29) is 6.61 Å². The van der Waals surface area contributed by atoms with Crippen LogP contribution in [0.2, 0.25) is 5.02 Å². The summed E-state index contributed by atoms with van der Waals surface area (Å²) in [6.07, 6.45) is -0.869. The number of esters is 1. The Hall–Kier alpha value is -2.00. The molecule has 0 aliphatic carbocycles. The maximum Gasteiger partial charge on any atom is 0.352 e. The Morgan fingerprint density at radius 2 is 1.75 bits per heavy atom. The van der Waals surface area contributed by atoms with Gasteiger partial charge in [0.1, 0.15) is 5.75 Å². The maximum absolute atomic E-state index is 12.1. The van der Waals surface area contributed by atoms with Gasteiger partial charge in [0, 0.05) is 10.6 Å². The second-order valence-electron chi connectivity index (χ2n) is 4.08. The maximum atomic E-state index is 12.1. The SMILES string of the molecule is CCOC(=O)C(Oc1ccccc1)c1ccccc1Cl. The molecule has 0 spiro atoms. The minimum atomic E-state index is -0.869. The third-order valence-electron chi connectivity index (χ3n) is 2.69. The zero-order valence-electron chi connectivity index (χ0n) is 11.1. The molecule has 0 saturated carbocycles. The van der Waals surface area contributed by atoms with Crippen LogP contribution in [0.5, 0.6) is 5.75 Å². The van der Waals surface area contributed by atoms with E-state index in [1.807, 2.05) is 24.3 Å². The van der Waals surface area contributed by atoms with Crippen LogP contribution < -0.4 is 4.74 Å². The Kier molecular flexibility index (Phi) is 5.02. The first kappa shape index (κ1) is 14.4. The summed E-state index contributed by atoms with van der Waals surface area (Å²) >= 11 is 6.14. The number of ether oxygens (including phenoxy) is 2. The largest absolute Gasteiger partial charge is 0.474 e. The van der Waals surface area contributed by atoms with Crippen molar-refractivity contribution >= 4 is 17.6 Å². The van der Waals surface area contributed by atoms with E-state index < -0.39 is 12.1 Å². The molecular formula is C16H15ClO3. The van der Waals surface area contributed by atoms with Gasteiger partial charge in [-0.3, -0.25) is 0 Å². The highest BCUT2D eigenvalue weighted by Crippen LogP contribution is 2.28. The number of para-hydroxylation sites is 1. The molecular weight excluding hydrogens is 276 g/mol. The van der Waals surface area contributed by atoms with Crippen molar-refractivity contribution in [3.05, 3.63) is 65.2 Å². The van der Waals surface area contributed by atoms with Crippen molar-refractivity contribution < 1.29 is 14.3 Å². The molecule has 0 amide bonds. The number of carbonyl (C=O) groups is 1. The lowest BCUT2D eigenvalue weighted by atomic mass is 10.1. The average molecular weight is 291 g/mol. The van der Waals surface area contributed by atoms with E-state index in [4.69, 9.17) is 21.1 Å². The van der Waals surface area contributed by atoms with Crippen molar-refractivity contribution in [1.82, 2.24) is 0 Å². The molecule has 0 fully saturated rings. The lowest BCUT2D eigenvalue weighted by Crippen LogP contribution is -2.21. The predicted octanol–water partition coefficient (Wildman–Crippen LogP) is 4.02. The third kappa shape index (κ3) is 3.52. The number of hydrogen-bond acceptors (Lipinski definition) is 3. The van der Waals surface area contributed by atoms with Crippen LogP contribution in [0.4, 0.5) is 0 Å². The molecule has 0 bridgehead atoms. The monoisotopic (exact) mass is 290 g/mol. The van der Waals surface area contributed by atoms with Crippen molar-refractivity contribution in [3.63, 3.8) is 0 Å². The first-order valence-corrected chi connectivity index (χ1v) is 6.73. The molecule has 0 aromatic heterocycles. The van der Waals surface area contributed by atoms with Gasteiger partial charge in [-0.2, -0.15) is 0 Å². The fourth-order valence-electron chi connectivity index (χ4n) is 1.78. The van der Waals surface area contributed by atoms with Gasteiger partial charge in [-0.05, 0) is 25.1 Å². The average Bonchev–Trinajstić information content (AvgIpc) is 2.47. The molecule has 0 aliphatic rings. The van der Waals surface area contributed by atoms with E-state index >= 15 is 0 Å². The molecule has 2 aromatic rings. The van der Waals surface area contributed by atoms with Gasteiger partial charge in [0.25, 0.3) is 0 Å². The zero-order valence-corrected chi connectivity index (χ0v) is 11.8. The fraction of sp³-hybridized carbons (Fsp3) is 0.188. The van der Waals surface area contributed by atoms with Gasteiger partial charge in [0.15, 0.2) is 0 Å². The normalized spacial score (nSPS) is 11.7. The molecule has 0 aliphatic heterocycles. The molecule has 3 nitrogen and oxygen atoms in total. The number of hydrogen-bond donors (Lipinski definition) is 0. The molecule has 4 heteroatoms. The summed E-state index contributed by atoms with van der Waals surface area (Å²) in [5.41, 5.74) is 0.594. The number of rotatable bonds is 5. The zero-order chi connectivity index (χ0) is 14.4. The van der Waals surface area contributed by atoms with E-state index in [9.17, 15) is 4.79 Å². The smallest absolute Gasteiger partial charge is 0.352 e. The predicted molar refractivity (Wildman–Crippen MR) is 77.9 cm³/mol. The molecule has 0 saturated heterocycles. The number of benzene rings is 2. The Balaban J connectivity index is 2.30. The molecule has 104 valence electrons. The summed E-state index contributed by atoms with van der Waals surface area (Å²) in [4.78, 5) is 12.1. The standard InChI is InChI=1S/C16H15ClO3/c1-2-19-16(18)15(13-10-6-7-11-14(13)17)20-12-8-4-3-5-9-12/h3-11,15H,2H2,1H3. The van der Waals surface area contributed by atoms with Gasteiger partial charge in [0.05, 0.1) is 6.61 Å². The number of halogens is 1. The molecule has 1 unspecified atom stereocenters. The second-order valence-corrected chi connectivity index (χ2v) is 4.49. The first-order valence-electron chi connectivity index (χ1n) is 6.35. The van der Waals surface area contributed by atoms with Gasteiger partial charge in [-0.25, -0.2) is 4.79 Å². The van der Waals surface area contributed by atoms with E-state index in [2.05, 4.69) is 0 Å². The highest BCUT2D eigenvalue weighted by atomic mass is 35.5. The molecule has 0 N–H and O–H groups in total. The Bertz CT molecular complexity index is 569. The van der Waals surface area contributed by atoms with Gasteiger partial charge < -0.3 is 9.47 Å². The van der Waals surface area contributed by atoms with Crippen LogP contribution in [0.3, 0.4) is 0 Å². The van der Waals surface area contributed by atoms with Crippen molar-refractivity contribution in [3.8, 4) is 5.75 Å². The van der Waals surface area contributed by atoms with E-state index in [1.54, 1.807) is 37.3 Å². The fourth-order valence-corrected chi connectivity index (χ4v) is 2.01. The van der Waals surface area contributed by atoms with Crippen LogP contribution in [0, 0.1) is 0 Å². The highest BCUT2D eigenvalue weighted by molar-refractivity contribution is 6.31. The Morgan fingerprint density at radius 1 is 1.10 bits per heavy atom. The van der Waals surface area contributed by atoms with Gasteiger partial charge in [-0.1, -0.05) is 48.0 Å². The van der Waals surface area contributed by atoms with Crippen LogP contribution in [0.25, 0.3) is 0 Å². The summed E-state index contributed by atoms with van der Waals surface area (Å²) in [5, 5.41) is 0.474. The van der Waals surface area contributed by atoms with Gasteiger partial charge in [-0.15, -0.1) is 0 Å². The van der Waals surface area contributed by atoms with Crippen LogP contribution >= 0.6 is 11.6 Å². The topological polar surface area (TPSA) is 35.5 Å². The van der Waals surface area contributed by atoms with Crippen molar-refractivity contribution in [2.45, 2.75) is 13.0 Å². The quantitative estimate of drug-likeness (QED) is 0.780. The first-order chi connectivity index (χ1) is 9.72. The van der Waals surface area contributed by atoms with Crippen LogP contribution in [0.1, 0.15) is 18.6 Å². The summed E-state index contributed by atoms with van der Waals surface area (Å²) in [6.45, 7) is 2.04. The summed E-state index contributed by atoms with van der Waals surface area (Å²) in [5.74, 6) is 0.134. The lowest BCUT2D eigenvalue weighted by Gasteiger charge is -2.19. The van der Waals surface area contributed by atoms with Crippen LogP contribution in [0.15, 0.2) is 54.6 Å². The third-order valence-corrected chi connectivity index (χ3v) is 3.03. The molecule has 2 rings (SSSR count). The number of carbonyl (C=O) groups excluding carboxylic acids is 1. The van der Waals surface area contributed by atoms with Crippen LogP contribution in [-0.4, -0.2) is 12.6 Å². The van der Waals surface area contributed by atoms with Crippen molar-refractivity contribution in [2.24, 2.45) is 0 Å². The summed E-state index contributed by atoms with van der Waals surface area (Å²) < 4.78 is 10.8. The Labute approximate surface area is 123 Å². The van der Waals surface area contributed by atoms with E-state index in [1.165, 1.54) is 0 Å². The molecule has 1 atom stereocenters. The van der Waals surface area contributed by atoms with Gasteiger partial charge in [0.2, 0.25) is 6.10 Å². The molecule has 0 heterocycles. The van der Waals surface area contributed by atoms with Crippen LogP contribution in [-0.2, 0) is 9.53 Å². The summed E-state index contributed by atoms with van der Waals surface area (Å²) in [7, 11) is 0. The molecule has 20 heavy (non-hydrogen) atoms.